The highest BCUT2D eigenvalue weighted by molar-refractivity contribution is 5.20. The van der Waals surface area contributed by atoms with Crippen LogP contribution in [0.25, 0.3) is 0 Å². The van der Waals surface area contributed by atoms with E-state index in [1.165, 1.54) is 0 Å². The van der Waals surface area contributed by atoms with Gasteiger partial charge in [0.1, 0.15) is 11.5 Å². The van der Waals surface area contributed by atoms with Crippen LogP contribution < -0.4 is 0 Å². The molecule has 0 aliphatic carbocycles. The fourth-order valence-electron chi connectivity index (χ4n) is 2.99. The summed E-state index contributed by atoms with van der Waals surface area (Å²) in [5.41, 5.74) is 2.93. The minimum atomic E-state index is -0.337. The van der Waals surface area contributed by atoms with Gasteiger partial charge in [0.2, 0.25) is 0 Å². The summed E-state index contributed by atoms with van der Waals surface area (Å²) in [6.45, 7) is 8.06. The minimum Gasteiger partial charge on any atom is -0.391 e. The molecule has 0 unspecified atom stereocenters. The van der Waals surface area contributed by atoms with Crippen LogP contribution >= 0.6 is 0 Å². The zero-order valence-electron chi connectivity index (χ0n) is 12.7. The van der Waals surface area contributed by atoms with Crippen LogP contribution in [0.3, 0.4) is 0 Å². The van der Waals surface area contributed by atoms with Gasteiger partial charge in [0.25, 0.3) is 0 Å². The second kappa shape index (κ2) is 5.61. The third kappa shape index (κ3) is 3.01. The summed E-state index contributed by atoms with van der Waals surface area (Å²) in [5.74, 6) is 1.88. The predicted molar refractivity (Wildman–Crippen MR) is 75.7 cm³/mol. The van der Waals surface area contributed by atoms with Crippen LogP contribution in [0.5, 0.6) is 0 Å². The Kier molecular flexibility index (Phi) is 3.82. The lowest BCUT2D eigenvalue weighted by Gasteiger charge is -2.14. The maximum absolute atomic E-state index is 10.3. The van der Waals surface area contributed by atoms with Crippen molar-refractivity contribution in [3.05, 3.63) is 34.5 Å². The highest BCUT2D eigenvalue weighted by Crippen LogP contribution is 2.25. The van der Waals surface area contributed by atoms with Gasteiger partial charge in [-0.1, -0.05) is 10.3 Å². The maximum atomic E-state index is 10.3. The lowest BCUT2D eigenvalue weighted by molar-refractivity contribution is 0.137. The van der Waals surface area contributed by atoms with E-state index >= 15 is 0 Å². The predicted octanol–water partition coefficient (Wildman–Crippen LogP) is 1.62. The number of aliphatic hydroxyl groups is 1. The Hall–Kier alpha value is -1.66. The molecule has 0 saturated carbocycles. The van der Waals surface area contributed by atoms with E-state index in [4.69, 9.17) is 9.05 Å². The molecule has 1 aliphatic rings. The fourth-order valence-corrected chi connectivity index (χ4v) is 2.99. The van der Waals surface area contributed by atoms with Crippen LogP contribution in [0.2, 0.25) is 0 Å². The minimum absolute atomic E-state index is 0.179. The summed E-state index contributed by atoms with van der Waals surface area (Å²) in [6, 6.07) is 1.93. The molecule has 1 aliphatic heterocycles. The number of aliphatic hydroxyl groups excluding tert-OH is 1. The van der Waals surface area contributed by atoms with Gasteiger partial charge in [0, 0.05) is 43.6 Å². The number of β-amino-alcohol motifs (C(OH)–C–C–N with tert-alkyl or cyclic N) is 1. The monoisotopic (exact) mass is 291 g/mol. The van der Waals surface area contributed by atoms with Crippen LogP contribution in [0.15, 0.2) is 15.1 Å². The first-order valence-electron chi connectivity index (χ1n) is 7.27. The largest absolute Gasteiger partial charge is 0.391 e. The van der Waals surface area contributed by atoms with Gasteiger partial charge in [-0.15, -0.1) is 0 Å². The van der Waals surface area contributed by atoms with E-state index in [0.717, 1.165) is 48.0 Å². The summed E-state index contributed by atoms with van der Waals surface area (Å²) < 4.78 is 10.4. The third-order valence-electron chi connectivity index (χ3n) is 4.19. The first-order valence-corrected chi connectivity index (χ1v) is 7.27. The van der Waals surface area contributed by atoms with E-state index in [-0.39, 0.29) is 12.0 Å². The van der Waals surface area contributed by atoms with E-state index in [9.17, 15) is 5.11 Å². The Morgan fingerprint density at radius 3 is 2.67 bits per heavy atom. The van der Waals surface area contributed by atoms with Gasteiger partial charge in [0.15, 0.2) is 0 Å². The van der Waals surface area contributed by atoms with Crippen molar-refractivity contribution in [2.75, 3.05) is 13.1 Å². The summed E-state index contributed by atoms with van der Waals surface area (Å²) in [7, 11) is 0. The third-order valence-corrected chi connectivity index (χ3v) is 4.19. The molecule has 0 aromatic carbocycles. The Balaban J connectivity index is 1.63. The molecular weight excluding hydrogens is 270 g/mol. The summed E-state index contributed by atoms with van der Waals surface area (Å²) in [6.07, 6.45) is 0.385. The van der Waals surface area contributed by atoms with Crippen LogP contribution in [0, 0.1) is 26.7 Å². The zero-order valence-corrected chi connectivity index (χ0v) is 12.7. The molecule has 1 saturated heterocycles. The smallest absolute Gasteiger partial charge is 0.138 e. The van der Waals surface area contributed by atoms with Crippen LogP contribution in [-0.2, 0) is 13.0 Å². The molecular formula is C15H21N3O3. The molecule has 3 heterocycles. The van der Waals surface area contributed by atoms with Gasteiger partial charge >= 0.3 is 0 Å². The number of hydrogen-bond acceptors (Lipinski definition) is 6. The average Bonchev–Trinajstić information content (AvgIpc) is 3.08. The van der Waals surface area contributed by atoms with E-state index < -0.39 is 0 Å². The van der Waals surface area contributed by atoms with Crippen molar-refractivity contribution < 1.29 is 14.2 Å². The number of aromatic nitrogens is 2. The maximum Gasteiger partial charge on any atom is 0.138 e. The number of rotatable bonds is 4. The molecule has 0 amide bonds. The second-order valence-corrected chi connectivity index (χ2v) is 5.96. The molecule has 6 heteroatoms. The molecule has 1 fully saturated rings. The average molecular weight is 291 g/mol. The van der Waals surface area contributed by atoms with E-state index in [1.807, 2.05) is 26.8 Å². The topological polar surface area (TPSA) is 75.5 Å². The number of likely N-dealkylation sites (tertiary alicyclic amines) is 1. The number of hydrogen-bond donors (Lipinski definition) is 1. The van der Waals surface area contributed by atoms with Crippen LogP contribution in [0.4, 0.5) is 0 Å². The van der Waals surface area contributed by atoms with Gasteiger partial charge in [0.05, 0.1) is 17.5 Å². The molecule has 0 radical (unpaired) electrons. The van der Waals surface area contributed by atoms with E-state index in [2.05, 4.69) is 15.2 Å². The quantitative estimate of drug-likeness (QED) is 0.922. The van der Waals surface area contributed by atoms with Crippen molar-refractivity contribution in [3.63, 3.8) is 0 Å². The summed E-state index contributed by atoms with van der Waals surface area (Å²) in [5, 5.41) is 18.1. The van der Waals surface area contributed by atoms with Crippen molar-refractivity contribution in [2.45, 2.75) is 39.8 Å². The molecule has 2 atom stereocenters. The van der Waals surface area contributed by atoms with Gasteiger partial charge in [-0.25, -0.2) is 0 Å². The van der Waals surface area contributed by atoms with E-state index in [0.29, 0.717) is 6.54 Å². The first kappa shape index (κ1) is 14.3. The van der Waals surface area contributed by atoms with Crippen molar-refractivity contribution in [2.24, 2.45) is 5.92 Å². The Labute approximate surface area is 123 Å². The molecule has 2 aromatic rings. The molecule has 0 bridgehead atoms. The molecule has 114 valence electrons. The molecule has 2 aromatic heterocycles. The lowest BCUT2D eigenvalue weighted by atomic mass is 10.0. The van der Waals surface area contributed by atoms with Crippen molar-refractivity contribution in [3.8, 4) is 0 Å². The SMILES string of the molecule is Cc1cc(C[C@@H]2CN(Cc3c(C)noc3C)C[C@H]2O)on1. The molecule has 21 heavy (non-hydrogen) atoms. The van der Waals surface area contributed by atoms with Crippen molar-refractivity contribution >= 4 is 0 Å². The van der Waals surface area contributed by atoms with Gasteiger partial charge in [-0.2, -0.15) is 0 Å². The Morgan fingerprint density at radius 1 is 1.24 bits per heavy atom. The van der Waals surface area contributed by atoms with E-state index in [1.54, 1.807) is 0 Å². The summed E-state index contributed by atoms with van der Waals surface area (Å²) >= 11 is 0. The van der Waals surface area contributed by atoms with Crippen LogP contribution in [0.1, 0.15) is 28.5 Å². The standard InChI is InChI=1S/C15H21N3O3/c1-9-4-13(21-16-9)5-12-6-18(8-15(12)19)7-14-10(2)17-20-11(14)3/h4,12,15,19H,5-8H2,1-3H3/t12-,15-/m1/s1. The van der Waals surface area contributed by atoms with Crippen molar-refractivity contribution in [1.82, 2.24) is 15.2 Å². The Morgan fingerprint density at radius 2 is 2.05 bits per heavy atom. The molecule has 6 nitrogen and oxygen atoms in total. The molecule has 1 N–H and O–H groups in total. The van der Waals surface area contributed by atoms with Gasteiger partial charge < -0.3 is 14.2 Å². The fraction of sp³-hybridized carbons (Fsp3) is 0.600. The number of nitrogens with zero attached hydrogens (tertiary/aromatic N) is 3. The molecule has 3 rings (SSSR count). The van der Waals surface area contributed by atoms with Crippen LogP contribution in [-0.4, -0.2) is 39.5 Å². The highest BCUT2D eigenvalue weighted by atomic mass is 16.5. The zero-order chi connectivity index (χ0) is 15.0. The normalized spacial score (nSPS) is 23.0. The number of aryl methyl sites for hydroxylation is 3. The van der Waals surface area contributed by atoms with Gasteiger partial charge in [-0.05, 0) is 20.8 Å². The van der Waals surface area contributed by atoms with Crippen molar-refractivity contribution in [1.29, 1.82) is 0 Å². The second-order valence-electron chi connectivity index (χ2n) is 5.96. The highest BCUT2D eigenvalue weighted by Gasteiger charge is 2.33. The lowest BCUT2D eigenvalue weighted by Crippen LogP contribution is -2.22. The first-order chi connectivity index (χ1) is 10.0. The summed E-state index contributed by atoms with van der Waals surface area (Å²) in [4.78, 5) is 2.24. The molecule has 0 spiro atoms. The Bertz CT molecular complexity index is 600. The van der Waals surface area contributed by atoms with Gasteiger partial charge in [-0.3, -0.25) is 4.90 Å².